The van der Waals surface area contributed by atoms with E-state index in [0.717, 1.165) is 0 Å². The molecule has 1 aromatic rings. The van der Waals surface area contributed by atoms with Crippen LogP contribution in [0.2, 0.25) is 0 Å². The molecular weight excluding hydrogens is 420 g/mol. The van der Waals surface area contributed by atoms with Gasteiger partial charge in [-0.25, -0.2) is 9.78 Å². The monoisotopic (exact) mass is 452 g/mol. The van der Waals surface area contributed by atoms with Crippen molar-refractivity contribution in [2.24, 2.45) is 11.7 Å². The number of H-pyrrole nitrogens is 1. The number of aliphatic hydroxyl groups excluding tert-OH is 1. The molecule has 12 heteroatoms. The van der Waals surface area contributed by atoms with Gasteiger partial charge in [0.2, 0.25) is 17.7 Å². The Morgan fingerprint density at radius 2 is 1.94 bits per heavy atom. The van der Waals surface area contributed by atoms with Gasteiger partial charge < -0.3 is 36.5 Å². The van der Waals surface area contributed by atoms with Crippen LogP contribution in [-0.2, 0) is 25.6 Å². The number of aromatic nitrogens is 2. The number of aliphatic carboxylic acids is 1. The Bertz CT molecular complexity index is 799. The Morgan fingerprint density at radius 3 is 2.50 bits per heavy atom. The third kappa shape index (κ3) is 6.76. The Balaban J connectivity index is 2.13. The molecule has 4 unspecified atom stereocenters. The number of aromatic amines is 1. The topological polar surface area (TPSA) is 191 Å². The second-order valence-corrected chi connectivity index (χ2v) is 8.35. The minimum atomic E-state index is -1.31. The van der Waals surface area contributed by atoms with Crippen molar-refractivity contribution < 1.29 is 29.4 Å². The number of rotatable bonds is 11. The maximum absolute atomic E-state index is 13.1. The maximum Gasteiger partial charge on any atom is 0.326 e. The van der Waals surface area contributed by atoms with E-state index in [9.17, 15) is 29.4 Å². The van der Waals surface area contributed by atoms with Gasteiger partial charge >= 0.3 is 5.97 Å². The van der Waals surface area contributed by atoms with E-state index in [4.69, 9.17) is 5.73 Å². The molecule has 2 heterocycles. The molecule has 0 aliphatic carbocycles. The zero-order valence-corrected chi connectivity index (χ0v) is 18.3. The zero-order valence-electron chi connectivity index (χ0n) is 18.3. The number of imidazole rings is 1. The Hall–Kier alpha value is -2.99. The average molecular weight is 453 g/mol. The number of likely N-dealkylation sites (tertiary alicyclic amines) is 1. The highest BCUT2D eigenvalue weighted by Gasteiger charge is 2.38. The summed E-state index contributed by atoms with van der Waals surface area (Å²) >= 11 is 0. The first-order valence-electron chi connectivity index (χ1n) is 10.6. The molecule has 1 saturated heterocycles. The summed E-state index contributed by atoms with van der Waals surface area (Å²) in [5, 5.41) is 24.0. The number of carbonyl (C=O) groups is 4. The number of carbonyl (C=O) groups excluding carboxylic acids is 3. The van der Waals surface area contributed by atoms with Crippen molar-refractivity contribution in [1.82, 2.24) is 25.5 Å². The SMILES string of the molecule is CC(C)CC(N)C(=O)NC(CO)C(=O)NC(Cc1cnc[nH]1)C(=O)N1CCCC1C(=O)O. The third-order valence-corrected chi connectivity index (χ3v) is 5.29. The third-order valence-electron chi connectivity index (χ3n) is 5.29. The Kier molecular flexibility index (Phi) is 9.14. The van der Waals surface area contributed by atoms with Crippen LogP contribution in [0.25, 0.3) is 0 Å². The molecule has 178 valence electrons. The number of amides is 3. The van der Waals surface area contributed by atoms with Crippen molar-refractivity contribution in [1.29, 1.82) is 0 Å². The second kappa shape index (κ2) is 11.6. The number of hydrogen-bond donors (Lipinski definition) is 6. The lowest BCUT2D eigenvalue weighted by Crippen LogP contribution is -2.58. The van der Waals surface area contributed by atoms with Gasteiger partial charge in [-0.3, -0.25) is 14.4 Å². The molecular formula is C20H32N6O6. The van der Waals surface area contributed by atoms with Crippen molar-refractivity contribution in [3.05, 3.63) is 18.2 Å². The molecule has 2 rings (SSSR count). The highest BCUT2D eigenvalue weighted by atomic mass is 16.4. The number of carboxylic acids is 1. The molecule has 1 aliphatic rings. The predicted octanol–water partition coefficient (Wildman–Crippen LogP) is -1.64. The molecule has 0 aromatic carbocycles. The van der Waals surface area contributed by atoms with Gasteiger partial charge in [0.1, 0.15) is 18.1 Å². The normalized spacial score (nSPS) is 18.8. The first-order chi connectivity index (χ1) is 15.1. The quantitative estimate of drug-likeness (QED) is 0.230. The van der Waals surface area contributed by atoms with Gasteiger partial charge in [0.15, 0.2) is 0 Å². The van der Waals surface area contributed by atoms with Gasteiger partial charge in [-0.1, -0.05) is 13.8 Å². The number of nitrogens with one attached hydrogen (secondary N) is 3. The average Bonchev–Trinajstić information content (AvgIpc) is 3.42. The van der Waals surface area contributed by atoms with E-state index in [0.29, 0.717) is 25.0 Å². The molecule has 0 bridgehead atoms. The molecule has 0 radical (unpaired) electrons. The first kappa shape index (κ1) is 25.3. The van der Waals surface area contributed by atoms with Gasteiger partial charge in [0.05, 0.1) is 19.0 Å². The van der Waals surface area contributed by atoms with E-state index in [2.05, 4.69) is 20.6 Å². The van der Waals surface area contributed by atoms with E-state index in [-0.39, 0.29) is 18.9 Å². The van der Waals surface area contributed by atoms with E-state index < -0.39 is 54.5 Å². The standard InChI is InChI=1S/C20H32N6O6/c1-11(2)6-13(21)17(28)25-15(9-27)18(29)24-14(7-12-8-22-10-23-12)19(30)26-5-3-4-16(26)20(31)32/h8,10-11,13-16,27H,3-7,9,21H2,1-2H3,(H,22,23)(H,24,29)(H,25,28)(H,31,32). The Morgan fingerprint density at radius 1 is 1.25 bits per heavy atom. The van der Waals surface area contributed by atoms with Crippen molar-refractivity contribution >= 4 is 23.7 Å². The lowest BCUT2D eigenvalue weighted by molar-refractivity contribution is -0.149. The fourth-order valence-corrected chi connectivity index (χ4v) is 3.66. The van der Waals surface area contributed by atoms with Crippen LogP contribution >= 0.6 is 0 Å². The van der Waals surface area contributed by atoms with Crippen LogP contribution in [0.5, 0.6) is 0 Å². The van der Waals surface area contributed by atoms with Crippen LogP contribution in [0.1, 0.15) is 38.8 Å². The summed E-state index contributed by atoms with van der Waals surface area (Å²) in [5.74, 6) is -2.87. The van der Waals surface area contributed by atoms with E-state index in [1.807, 2.05) is 13.8 Å². The molecule has 1 aliphatic heterocycles. The van der Waals surface area contributed by atoms with Crippen LogP contribution in [-0.4, -0.2) is 86.1 Å². The van der Waals surface area contributed by atoms with Crippen molar-refractivity contribution in [2.45, 2.75) is 63.7 Å². The van der Waals surface area contributed by atoms with E-state index in [1.165, 1.54) is 17.4 Å². The number of hydrogen-bond acceptors (Lipinski definition) is 7. The van der Waals surface area contributed by atoms with E-state index >= 15 is 0 Å². The summed E-state index contributed by atoms with van der Waals surface area (Å²) in [6.07, 6.45) is 4.21. The molecule has 0 saturated carbocycles. The number of carboxylic acid groups (broad SMARTS) is 1. The van der Waals surface area contributed by atoms with Crippen LogP contribution in [0.3, 0.4) is 0 Å². The smallest absolute Gasteiger partial charge is 0.326 e. The predicted molar refractivity (Wildman–Crippen MR) is 113 cm³/mol. The first-order valence-corrected chi connectivity index (χ1v) is 10.6. The number of aliphatic hydroxyl groups is 1. The molecule has 7 N–H and O–H groups in total. The van der Waals surface area contributed by atoms with Gasteiger partial charge in [-0.05, 0) is 25.2 Å². The van der Waals surface area contributed by atoms with Crippen molar-refractivity contribution in [2.75, 3.05) is 13.2 Å². The second-order valence-electron chi connectivity index (χ2n) is 8.35. The maximum atomic E-state index is 13.1. The summed E-state index contributed by atoms with van der Waals surface area (Å²) in [5.41, 5.74) is 6.39. The summed E-state index contributed by atoms with van der Waals surface area (Å²) < 4.78 is 0. The zero-order chi connectivity index (χ0) is 23.8. The van der Waals surface area contributed by atoms with Crippen LogP contribution in [0.4, 0.5) is 0 Å². The molecule has 4 atom stereocenters. The molecule has 12 nitrogen and oxygen atoms in total. The molecule has 0 spiro atoms. The summed E-state index contributed by atoms with van der Waals surface area (Å²) in [6, 6.07) is -4.24. The fraction of sp³-hybridized carbons (Fsp3) is 0.650. The lowest BCUT2D eigenvalue weighted by Gasteiger charge is -2.28. The fourth-order valence-electron chi connectivity index (χ4n) is 3.66. The lowest BCUT2D eigenvalue weighted by atomic mass is 10.0. The minimum Gasteiger partial charge on any atom is -0.480 e. The van der Waals surface area contributed by atoms with Crippen LogP contribution in [0, 0.1) is 5.92 Å². The van der Waals surface area contributed by atoms with Crippen LogP contribution in [0.15, 0.2) is 12.5 Å². The van der Waals surface area contributed by atoms with Gasteiger partial charge in [-0.2, -0.15) is 0 Å². The van der Waals surface area contributed by atoms with Gasteiger partial charge in [-0.15, -0.1) is 0 Å². The summed E-state index contributed by atoms with van der Waals surface area (Å²) in [4.78, 5) is 57.7. The van der Waals surface area contributed by atoms with Crippen LogP contribution < -0.4 is 16.4 Å². The Labute approximate surface area is 185 Å². The minimum absolute atomic E-state index is 0.0341. The van der Waals surface area contributed by atoms with E-state index in [1.54, 1.807) is 0 Å². The highest BCUT2D eigenvalue weighted by Crippen LogP contribution is 2.19. The highest BCUT2D eigenvalue weighted by molar-refractivity contribution is 5.94. The van der Waals surface area contributed by atoms with Crippen molar-refractivity contribution in [3.63, 3.8) is 0 Å². The van der Waals surface area contributed by atoms with Gasteiger partial charge in [0.25, 0.3) is 0 Å². The summed E-state index contributed by atoms with van der Waals surface area (Å²) in [7, 11) is 0. The van der Waals surface area contributed by atoms with Gasteiger partial charge in [0, 0.05) is 24.9 Å². The molecule has 1 aromatic heterocycles. The van der Waals surface area contributed by atoms with Crippen molar-refractivity contribution in [3.8, 4) is 0 Å². The number of nitrogens with zero attached hydrogens (tertiary/aromatic N) is 2. The molecule has 32 heavy (non-hydrogen) atoms. The summed E-state index contributed by atoms with van der Waals surface area (Å²) in [6.45, 7) is 3.36. The molecule has 1 fully saturated rings. The number of nitrogens with two attached hydrogens (primary N) is 1. The molecule has 3 amide bonds. The largest absolute Gasteiger partial charge is 0.480 e.